The number of halogens is 2. The number of carbonyl (C=O) groups excluding carboxylic acids is 1. The van der Waals surface area contributed by atoms with E-state index in [2.05, 4.69) is 10.2 Å². The molecule has 134 valence electrons. The van der Waals surface area contributed by atoms with Gasteiger partial charge in [0.25, 0.3) is 5.91 Å². The van der Waals surface area contributed by atoms with Gasteiger partial charge in [-0.3, -0.25) is 4.79 Å². The second-order valence-electron chi connectivity index (χ2n) is 5.93. The van der Waals surface area contributed by atoms with E-state index in [4.69, 9.17) is 23.2 Å². The molecule has 0 aromatic heterocycles. The maximum atomic E-state index is 12.5. The molecule has 0 radical (unpaired) electrons. The summed E-state index contributed by atoms with van der Waals surface area (Å²) in [6.07, 6.45) is 0. The standard InChI is InChI=1S/C21H20Cl2N2O/c22-11-13-25(14-12-23)20-9-6-17(7-10-20)21(26)24-19-8-5-16-3-1-2-4-18(16)15-19/h1-10,15H,11-14H2,(H,24,26). The van der Waals surface area contributed by atoms with Crippen molar-refractivity contribution in [1.82, 2.24) is 0 Å². The lowest BCUT2D eigenvalue weighted by Crippen LogP contribution is -2.27. The first-order valence-electron chi connectivity index (χ1n) is 8.48. The summed E-state index contributed by atoms with van der Waals surface area (Å²) < 4.78 is 0. The fraction of sp³-hybridized carbons (Fsp3) is 0.190. The van der Waals surface area contributed by atoms with Crippen LogP contribution in [0.1, 0.15) is 10.4 Å². The highest BCUT2D eigenvalue weighted by molar-refractivity contribution is 6.18. The van der Waals surface area contributed by atoms with E-state index in [0.29, 0.717) is 17.3 Å². The van der Waals surface area contributed by atoms with Gasteiger partial charge in [-0.05, 0) is 47.2 Å². The minimum absolute atomic E-state index is 0.131. The maximum Gasteiger partial charge on any atom is 0.255 e. The van der Waals surface area contributed by atoms with Gasteiger partial charge in [0, 0.05) is 41.8 Å². The van der Waals surface area contributed by atoms with Crippen molar-refractivity contribution in [2.45, 2.75) is 0 Å². The fourth-order valence-electron chi connectivity index (χ4n) is 2.87. The van der Waals surface area contributed by atoms with E-state index in [-0.39, 0.29) is 5.91 Å². The Morgan fingerprint density at radius 1 is 0.846 bits per heavy atom. The number of nitrogens with zero attached hydrogens (tertiary/aromatic N) is 1. The van der Waals surface area contributed by atoms with Crippen molar-refractivity contribution in [2.24, 2.45) is 0 Å². The molecule has 0 fully saturated rings. The SMILES string of the molecule is O=C(Nc1ccc2ccccc2c1)c1ccc(N(CCCl)CCCl)cc1. The van der Waals surface area contributed by atoms with Crippen molar-refractivity contribution in [2.75, 3.05) is 35.1 Å². The lowest BCUT2D eigenvalue weighted by atomic mass is 10.1. The molecule has 3 aromatic carbocycles. The van der Waals surface area contributed by atoms with Crippen molar-refractivity contribution in [3.8, 4) is 0 Å². The molecule has 0 bridgehead atoms. The Hall–Kier alpha value is -2.23. The molecule has 0 aliphatic carbocycles. The topological polar surface area (TPSA) is 32.3 Å². The predicted octanol–water partition coefficient (Wildman–Crippen LogP) is 5.38. The Kier molecular flexibility index (Phi) is 6.37. The summed E-state index contributed by atoms with van der Waals surface area (Å²) >= 11 is 11.7. The van der Waals surface area contributed by atoms with E-state index in [1.165, 1.54) is 0 Å². The van der Waals surface area contributed by atoms with Gasteiger partial charge >= 0.3 is 0 Å². The summed E-state index contributed by atoms with van der Waals surface area (Å²) in [5.74, 6) is 0.926. The van der Waals surface area contributed by atoms with Gasteiger partial charge in [0.05, 0.1) is 0 Å². The predicted molar refractivity (Wildman–Crippen MR) is 112 cm³/mol. The fourth-order valence-corrected chi connectivity index (χ4v) is 3.28. The van der Waals surface area contributed by atoms with Crippen molar-refractivity contribution in [3.05, 3.63) is 72.3 Å². The lowest BCUT2D eigenvalue weighted by Gasteiger charge is -2.22. The van der Waals surface area contributed by atoms with E-state index in [1.807, 2.05) is 66.7 Å². The smallest absolute Gasteiger partial charge is 0.255 e. The van der Waals surface area contributed by atoms with Gasteiger partial charge in [0.15, 0.2) is 0 Å². The highest BCUT2D eigenvalue weighted by Crippen LogP contribution is 2.20. The van der Waals surface area contributed by atoms with E-state index >= 15 is 0 Å². The Bertz CT molecular complexity index is 875. The first-order chi connectivity index (χ1) is 12.7. The third-order valence-electron chi connectivity index (χ3n) is 4.21. The molecule has 0 aliphatic heterocycles. The number of fused-ring (bicyclic) bond motifs is 1. The second kappa shape index (κ2) is 8.93. The van der Waals surface area contributed by atoms with Crippen LogP contribution in [0.4, 0.5) is 11.4 Å². The monoisotopic (exact) mass is 386 g/mol. The van der Waals surface area contributed by atoms with Gasteiger partial charge in [-0.2, -0.15) is 0 Å². The van der Waals surface area contributed by atoms with Crippen LogP contribution in [-0.2, 0) is 0 Å². The third kappa shape index (κ3) is 4.48. The van der Waals surface area contributed by atoms with Gasteiger partial charge < -0.3 is 10.2 Å². The zero-order chi connectivity index (χ0) is 18.4. The maximum absolute atomic E-state index is 12.5. The van der Waals surface area contributed by atoms with Crippen LogP contribution in [0.25, 0.3) is 10.8 Å². The largest absolute Gasteiger partial charge is 0.369 e. The van der Waals surface area contributed by atoms with Crippen LogP contribution in [0.15, 0.2) is 66.7 Å². The average molecular weight is 387 g/mol. The molecule has 1 N–H and O–H groups in total. The van der Waals surface area contributed by atoms with Crippen molar-refractivity contribution in [3.63, 3.8) is 0 Å². The Labute approximate surface area is 163 Å². The summed E-state index contributed by atoms with van der Waals surface area (Å²) in [6, 6.07) is 21.5. The number of carbonyl (C=O) groups is 1. The molecular weight excluding hydrogens is 367 g/mol. The number of anilines is 2. The quantitative estimate of drug-likeness (QED) is 0.553. The highest BCUT2D eigenvalue weighted by atomic mass is 35.5. The molecule has 0 heterocycles. The highest BCUT2D eigenvalue weighted by Gasteiger charge is 2.09. The first kappa shape index (κ1) is 18.6. The number of alkyl halides is 2. The molecule has 26 heavy (non-hydrogen) atoms. The normalized spacial score (nSPS) is 10.7. The molecule has 3 nitrogen and oxygen atoms in total. The molecule has 0 saturated heterocycles. The molecule has 3 aromatic rings. The van der Waals surface area contributed by atoms with Gasteiger partial charge in [0.2, 0.25) is 0 Å². The van der Waals surface area contributed by atoms with Gasteiger partial charge in [0.1, 0.15) is 0 Å². The Morgan fingerprint density at radius 3 is 2.15 bits per heavy atom. The minimum Gasteiger partial charge on any atom is -0.369 e. The summed E-state index contributed by atoms with van der Waals surface area (Å²) in [7, 11) is 0. The minimum atomic E-state index is -0.131. The molecule has 0 saturated carbocycles. The second-order valence-corrected chi connectivity index (χ2v) is 6.68. The van der Waals surface area contributed by atoms with Crippen molar-refractivity contribution < 1.29 is 4.79 Å². The van der Waals surface area contributed by atoms with Crippen LogP contribution >= 0.6 is 23.2 Å². The summed E-state index contributed by atoms with van der Waals surface area (Å²) in [6.45, 7) is 1.44. The number of rotatable bonds is 7. The Morgan fingerprint density at radius 2 is 1.50 bits per heavy atom. The number of amides is 1. The zero-order valence-corrected chi connectivity index (χ0v) is 15.8. The molecule has 0 spiro atoms. The van der Waals surface area contributed by atoms with Crippen LogP contribution in [-0.4, -0.2) is 30.8 Å². The zero-order valence-electron chi connectivity index (χ0n) is 14.3. The molecule has 1 amide bonds. The van der Waals surface area contributed by atoms with Gasteiger partial charge in [-0.15, -0.1) is 23.2 Å². The third-order valence-corrected chi connectivity index (χ3v) is 4.55. The van der Waals surface area contributed by atoms with E-state index in [1.54, 1.807) is 0 Å². The van der Waals surface area contributed by atoms with Crippen molar-refractivity contribution in [1.29, 1.82) is 0 Å². The van der Waals surface area contributed by atoms with E-state index in [9.17, 15) is 4.79 Å². The molecule has 3 rings (SSSR count). The number of nitrogens with one attached hydrogen (secondary N) is 1. The average Bonchev–Trinajstić information content (AvgIpc) is 2.68. The van der Waals surface area contributed by atoms with Crippen LogP contribution in [0.2, 0.25) is 0 Å². The molecule has 0 unspecified atom stereocenters. The number of hydrogen-bond donors (Lipinski definition) is 1. The summed E-state index contributed by atoms with van der Waals surface area (Å²) in [5, 5.41) is 5.20. The van der Waals surface area contributed by atoms with Crippen molar-refractivity contribution >= 4 is 51.3 Å². The number of hydrogen-bond acceptors (Lipinski definition) is 2. The van der Waals surface area contributed by atoms with E-state index < -0.39 is 0 Å². The van der Waals surface area contributed by atoms with Crippen LogP contribution < -0.4 is 10.2 Å². The van der Waals surface area contributed by atoms with Crippen LogP contribution in [0, 0.1) is 0 Å². The van der Waals surface area contributed by atoms with Crippen LogP contribution in [0.5, 0.6) is 0 Å². The van der Waals surface area contributed by atoms with Gasteiger partial charge in [-0.25, -0.2) is 0 Å². The lowest BCUT2D eigenvalue weighted by molar-refractivity contribution is 0.102. The molecular formula is C21H20Cl2N2O. The first-order valence-corrected chi connectivity index (χ1v) is 9.55. The molecule has 0 atom stereocenters. The Balaban J connectivity index is 1.72. The van der Waals surface area contributed by atoms with Crippen LogP contribution in [0.3, 0.4) is 0 Å². The molecule has 0 aliphatic rings. The van der Waals surface area contributed by atoms with E-state index in [0.717, 1.165) is 35.2 Å². The van der Waals surface area contributed by atoms with Gasteiger partial charge in [-0.1, -0.05) is 30.3 Å². The summed E-state index contributed by atoms with van der Waals surface area (Å²) in [5.41, 5.74) is 2.40. The summed E-state index contributed by atoms with van der Waals surface area (Å²) in [4.78, 5) is 14.6. The molecule has 5 heteroatoms. The number of benzene rings is 3.